The monoisotopic (exact) mass is 428 g/mol. The Labute approximate surface area is 187 Å². The van der Waals surface area contributed by atoms with E-state index >= 15 is 0 Å². The zero-order chi connectivity index (χ0) is 23.1. The molecule has 8 heteroatoms. The van der Waals surface area contributed by atoms with Crippen LogP contribution in [0.3, 0.4) is 0 Å². The molecule has 0 aromatic carbocycles. The van der Waals surface area contributed by atoms with E-state index in [-0.39, 0.29) is 5.92 Å². The van der Waals surface area contributed by atoms with Gasteiger partial charge in [-0.3, -0.25) is 15.4 Å². The van der Waals surface area contributed by atoms with Crippen molar-refractivity contribution >= 4 is 28.1 Å². The predicted molar refractivity (Wildman–Crippen MR) is 131 cm³/mol. The summed E-state index contributed by atoms with van der Waals surface area (Å²) >= 11 is 0. The summed E-state index contributed by atoms with van der Waals surface area (Å²) in [5.74, 6) is 1.29. The number of nitrogens with one attached hydrogen (secondary N) is 3. The lowest BCUT2D eigenvalue weighted by molar-refractivity contribution is 0.786. The third kappa shape index (κ3) is 5.28. The summed E-state index contributed by atoms with van der Waals surface area (Å²) in [5.41, 5.74) is 16.8. The Hall–Kier alpha value is -4.20. The summed E-state index contributed by atoms with van der Waals surface area (Å²) in [4.78, 5) is 13.2. The number of nitrogens with two attached hydrogens (primary N) is 2. The number of anilines is 1. The first-order chi connectivity index (χ1) is 15.4. The van der Waals surface area contributed by atoms with Gasteiger partial charge in [0.2, 0.25) is 0 Å². The fourth-order valence-electron chi connectivity index (χ4n) is 3.11. The Morgan fingerprint density at radius 1 is 1.09 bits per heavy atom. The molecular weight excluding hydrogens is 400 g/mol. The van der Waals surface area contributed by atoms with E-state index in [1.165, 1.54) is 0 Å². The summed E-state index contributed by atoms with van der Waals surface area (Å²) in [6.45, 7) is 4.09. The molecule has 0 aliphatic heterocycles. The van der Waals surface area contributed by atoms with Crippen molar-refractivity contribution in [2.45, 2.75) is 13.8 Å². The molecule has 0 saturated heterocycles. The van der Waals surface area contributed by atoms with E-state index < -0.39 is 0 Å². The summed E-state index contributed by atoms with van der Waals surface area (Å²) in [5, 5.41) is 14.8. The van der Waals surface area contributed by atoms with Crippen LogP contribution >= 0.6 is 0 Å². The molecule has 3 rings (SSSR count). The number of rotatable bonds is 8. The van der Waals surface area contributed by atoms with Crippen LogP contribution in [0.1, 0.15) is 25.0 Å². The number of pyridine rings is 3. The molecule has 0 fully saturated rings. The molecule has 0 atom stereocenters. The van der Waals surface area contributed by atoms with Crippen LogP contribution in [0.5, 0.6) is 0 Å². The number of allylic oxidation sites excluding steroid dienone is 3. The molecule has 0 unspecified atom stereocenters. The van der Waals surface area contributed by atoms with Gasteiger partial charge in [0.05, 0.1) is 16.7 Å². The molecule has 0 aliphatic rings. The number of nitrogens with zero attached hydrogens (tertiary/aromatic N) is 3. The molecule has 0 saturated carbocycles. The average Bonchev–Trinajstić information content (AvgIpc) is 2.80. The highest BCUT2D eigenvalue weighted by atomic mass is 15.1. The highest BCUT2D eigenvalue weighted by molar-refractivity contribution is 6.30. The Morgan fingerprint density at radius 3 is 2.50 bits per heavy atom. The molecule has 0 spiro atoms. The quantitative estimate of drug-likeness (QED) is 0.274. The van der Waals surface area contributed by atoms with E-state index in [0.29, 0.717) is 28.4 Å². The molecule has 3 aromatic rings. The molecule has 0 amide bonds. The van der Waals surface area contributed by atoms with Crippen molar-refractivity contribution in [2.24, 2.45) is 17.4 Å². The Morgan fingerprint density at radius 2 is 1.84 bits per heavy atom. The van der Waals surface area contributed by atoms with Gasteiger partial charge in [-0.15, -0.1) is 0 Å². The zero-order valence-electron chi connectivity index (χ0n) is 18.4. The van der Waals surface area contributed by atoms with Crippen molar-refractivity contribution in [3.8, 4) is 0 Å². The smallest absolute Gasteiger partial charge is 0.132 e. The molecule has 0 aliphatic carbocycles. The lowest BCUT2D eigenvalue weighted by atomic mass is 9.98. The van der Waals surface area contributed by atoms with E-state index in [4.69, 9.17) is 16.9 Å². The topological polar surface area (TPSA) is 139 Å². The lowest BCUT2D eigenvalue weighted by Crippen LogP contribution is -2.12. The maximum atomic E-state index is 8.65. The fraction of sp³-hybridized carbons (Fsp3) is 0.167. The van der Waals surface area contributed by atoms with E-state index in [1.54, 1.807) is 56.2 Å². The Bertz CT molecular complexity index is 1190. The number of fused-ring (bicyclic) bond motifs is 1. The molecule has 3 heterocycles. The Balaban J connectivity index is 1.94. The first kappa shape index (κ1) is 22.5. The second-order valence-corrected chi connectivity index (χ2v) is 7.46. The largest absolute Gasteiger partial charge is 0.404 e. The predicted octanol–water partition coefficient (Wildman–Crippen LogP) is 3.36. The van der Waals surface area contributed by atoms with Crippen LogP contribution in [0.2, 0.25) is 0 Å². The van der Waals surface area contributed by atoms with Crippen LogP contribution in [0.25, 0.3) is 16.6 Å². The Kier molecular flexibility index (Phi) is 7.17. The zero-order valence-corrected chi connectivity index (χ0v) is 18.4. The molecule has 164 valence electrons. The van der Waals surface area contributed by atoms with Crippen molar-refractivity contribution in [3.63, 3.8) is 0 Å². The maximum Gasteiger partial charge on any atom is 0.132 e. The third-order valence-electron chi connectivity index (χ3n) is 4.83. The van der Waals surface area contributed by atoms with Gasteiger partial charge < -0.3 is 22.1 Å². The lowest BCUT2D eigenvalue weighted by Gasteiger charge is -2.12. The van der Waals surface area contributed by atoms with E-state index in [1.807, 2.05) is 32.0 Å². The van der Waals surface area contributed by atoms with E-state index in [0.717, 1.165) is 22.2 Å². The first-order valence-electron chi connectivity index (χ1n) is 10.2. The molecular formula is C24H28N8. The highest BCUT2D eigenvalue weighted by Crippen LogP contribution is 2.23. The van der Waals surface area contributed by atoms with Crippen molar-refractivity contribution in [2.75, 3.05) is 12.4 Å². The SMILES string of the molecule is CN/C=C(\C(=N)c1ccncc1)c1cnc2ccc(N/C(N)=C/C(=C\N)C(C)C)nc2c1. The minimum absolute atomic E-state index is 0.254. The molecule has 8 nitrogen and oxygen atoms in total. The first-order valence-corrected chi connectivity index (χ1v) is 10.2. The molecule has 3 aromatic heterocycles. The maximum absolute atomic E-state index is 8.65. The van der Waals surface area contributed by atoms with Gasteiger partial charge >= 0.3 is 0 Å². The van der Waals surface area contributed by atoms with Gasteiger partial charge in [-0.2, -0.15) is 0 Å². The van der Waals surface area contributed by atoms with Crippen LogP contribution in [-0.2, 0) is 0 Å². The number of aromatic nitrogens is 3. The fourth-order valence-corrected chi connectivity index (χ4v) is 3.11. The van der Waals surface area contributed by atoms with Crippen LogP contribution < -0.4 is 22.1 Å². The highest BCUT2D eigenvalue weighted by Gasteiger charge is 2.13. The van der Waals surface area contributed by atoms with Crippen molar-refractivity contribution in [3.05, 3.63) is 89.9 Å². The molecule has 0 bridgehead atoms. The van der Waals surface area contributed by atoms with Crippen LogP contribution in [-0.4, -0.2) is 27.7 Å². The van der Waals surface area contributed by atoms with Crippen LogP contribution in [0, 0.1) is 11.3 Å². The van der Waals surface area contributed by atoms with Gasteiger partial charge in [0.25, 0.3) is 0 Å². The van der Waals surface area contributed by atoms with Crippen LogP contribution in [0.15, 0.2) is 78.8 Å². The molecule has 32 heavy (non-hydrogen) atoms. The van der Waals surface area contributed by atoms with Crippen molar-refractivity contribution in [1.82, 2.24) is 20.3 Å². The normalized spacial score (nSPS) is 12.8. The van der Waals surface area contributed by atoms with Gasteiger partial charge in [-0.1, -0.05) is 13.8 Å². The van der Waals surface area contributed by atoms with Crippen LogP contribution in [0.4, 0.5) is 5.82 Å². The summed E-state index contributed by atoms with van der Waals surface area (Å²) < 4.78 is 0. The standard InChI is InChI=1S/C24H28N8/c1-15(2)17(12-25)11-22(26)32-23-5-4-20-21(31-23)10-18(13-30-20)19(14-28-3)24(27)16-6-8-29-9-7-16/h4-15,27-28H,25-26H2,1-3H3,(H,31,32)/b17-12+,19-14-,22-11+,27-24?. The molecule has 7 N–H and O–H groups in total. The van der Waals surface area contributed by atoms with E-state index in [9.17, 15) is 0 Å². The number of hydrogen-bond acceptors (Lipinski definition) is 8. The second-order valence-electron chi connectivity index (χ2n) is 7.46. The minimum Gasteiger partial charge on any atom is -0.404 e. The summed E-state index contributed by atoms with van der Waals surface area (Å²) in [7, 11) is 1.80. The van der Waals surface area contributed by atoms with Gasteiger partial charge in [0, 0.05) is 48.5 Å². The number of hydrogen-bond donors (Lipinski definition) is 5. The molecule has 0 radical (unpaired) electrons. The summed E-state index contributed by atoms with van der Waals surface area (Å²) in [6, 6.07) is 9.21. The second kappa shape index (κ2) is 10.2. The van der Waals surface area contributed by atoms with Gasteiger partial charge in [0.15, 0.2) is 0 Å². The van der Waals surface area contributed by atoms with Crippen molar-refractivity contribution in [1.29, 1.82) is 5.41 Å². The van der Waals surface area contributed by atoms with Crippen molar-refractivity contribution < 1.29 is 0 Å². The minimum atomic E-state index is 0.254. The van der Waals surface area contributed by atoms with Gasteiger partial charge in [0.1, 0.15) is 11.6 Å². The van der Waals surface area contributed by atoms with Gasteiger partial charge in [-0.25, -0.2) is 4.98 Å². The third-order valence-corrected chi connectivity index (χ3v) is 4.83. The van der Waals surface area contributed by atoms with Gasteiger partial charge in [-0.05, 0) is 54.1 Å². The van der Waals surface area contributed by atoms with E-state index in [2.05, 4.69) is 25.6 Å². The summed E-state index contributed by atoms with van der Waals surface area (Å²) in [6.07, 6.45) is 10.2. The average molecular weight is 429 g/mol.